The summed E-state index contributed by atoms with van der Waals surface area (Å²) in [5, 5.41) is 8.95. The summed E-state index contributed by atoms with van der Waals surface area (Å²) in [4.78, 5) is 9.73. The van der Waals surface area contributed by atoms with Gasteiger partial charge in [-0.05, 0) is 6.42 Å². The van der Waals surface area contributed by atoms with Crippen LogP contribution in [-0.4, -0.2) is 34.8 Å². The Morgan fingerprint density at radius 2 is 2.21 bits per heavy atom. The molecule has 1 saturated heterocycles. The molecule has 0 saturated carbocycles. The fourth-order valence-electron chi connectivity index (χ4n) is 1.63. The van der Waals surface area contributed by atoms with Crippen molar-refractivity contribution < 1.29 is 9.50 Å². The van der Waals surface area contributed by atoms with Crippen LogP contribution in [0.15, 0.2) is 12.4 Å². The molecule has 0 aliphatic carbocycles. The van der Waals surface area contributed by atoms with E-state index in [-0.39, 0.29) is 6.61 Å². The summed E-state index contributed by atoms with van der Waals surface area (Å²) >= 11 is 0. The van der Waals surface area contributed by atoms with E-state index in [1.165, 1.54) is 0 Å². The highest BCUT2D eigenvalue weighted by Crippen LogP contribution is 2.19. The van der Waals surface area contributed by atoms with Crippen LogP contribution in [0.25, 0.3) is 0 Å². The lowest BCUT2D eigenvalue weighted by Crippen LogP contribution is -2.22. The Hall–Kier alpha value is -1.23. The molecule has 0 amide bonds. The Balaban J connectivity index is 2.06. The third-order valence-electron chi connectivity index (χ3n) is 2.43. The van der Waals surface area contributed by atoms with Gasteiger partial charge in [-0.15, -0.1) is 0 Å². The number of anilines is 1. The summed E-state index contributed by atoms with van der Waals surface area (Å²) in [7, 11) is 0. The van der Waals surface area contributed by atoms with Gasteiger partial charge in [-0.3, -0.25) is 0 Å². The second kappa shape index (κ2) is 3.88. The van der Waals surface area contributed by atoms with Crippen molar-refractivity contribution in [3.63, 3.8) is 0 Å². The smallest absolute Gasteiger partial charge is 0.225 e. The Bertz CT molecular complexity index is 303. The highest BCUT2D eigenvalue weighted by Gasteiger charge is 2.23. The number of hydrogen-bond donors (Lipinski definition) is 1. The predicted molar refractivity (Wildman–Crippen MR) is 49.4 cm³/mol. The van der Waals surface area contributed by atoms with Crippen molar-refractivity contribution in [3.8, 4) is 0 Å². The van der Waals surface area contributed by atoms with E-state index >= 15 is 0 Å². The molecule has 5 heteroatoms. The van der Waals surface area contributed by atoms with Crippen LogP contribution >= 0.6 is 0 Å². The topological polar surface area (TPSA) is 49.2 Å². The summed E-state index contributed by atoms with van der Waals surface area (Å²) in [6.07, 6.45) is 3.26. The maximum Gasteiger partial charge on any atom is 0.225 e. The van der Waals surface area contributed by atoms with E-state index in [4.69, 9.17) is 5.11 Å². The second-order valence-corrected chi connectivity index (χ2v) is 3.48. The van der Waals surface area contributed by atoms with Gasteiger partial charge >= 0.3 is 0 Å². The average molecular weight is 197 g/mol. The minimum Gasteiger partial charge on any atom is -0.396 e. The van der Waals surface area contributed by atoms with Crippen molar-refractivity contribution in [2.75, 3.05) is 24.6 Å². The van der Waals surface area contributed by atoms with Crippen molar-refractivity contribution in [1.82, 2.24) is 9.97 Å². The number of hydrogen-bond acceptors (Lipinski definition) is 4. The van der Waals surface area contributed by atoms with Gasteiger partial charge in [0.1, 0.15) is 0 Å². The van der Waals surface area contributed by atoms with Crippen molar-refractivity contribution in [1.29, 1.82) is 0 Å². The summed E-state index contributed by atoms with van der Waals surface area (Å²) in [6, 6.07) is 0. The van der Waals surface area contributed by atoms with Crippen molar-refractivity contribution in [2.24, 2.45) is 5.92 Å². The number of halogens is 1. The zero-order valence-corrected chi connectivity index (χ0v) is 7.73. The quantitative estimate of drug-likeness (QED) is 0.747. The van der Waals surface area contributed by atoms with Crippen molar-refractivity contribution >= 4 is 5.95 Å². The van der Waals surface area contributed by atoms with Crippen LogP contribution in [0.4, 0.5) is 10.3 Å². The molecule has 1 aliphatic rings. The number of aromatic nitrogens is 2. The molecule has 1 fully saturated rings. The number of aliphatic hydroxyl groups is 1. The lowest BCUT2D eigenvalue weighted by atomic mass is 10.1. The van der Waals surface area contributed by atoms with Gasteiger partial charge in [0.05, 0.1) is 12.4 Å². The van der Waals surface area contributed by atoms with Crippen LogP contribution in [0.3, 0.4) is 0 Å². The van der Waals surface area contributed by atoms with Gasteiger partial charge in [-0.1, -0.05) is 0 Å². The molecule has 0 bridgehead atoms. The molecule has 76 valence electrons. The summed E-state index contributed by atoms with van der Waals surface area (Å²) in [5.41, 5.74) is 0. The molecule has 2 heterocycles. The van der Waals surface area contributed by atoms with E-state index < -0.39 is 5.82 Å². The molecule has 1 aliphatic heterocycles. The largest absolute Gasteiger partial charge is 0.396 e. The van der Waals surface area contributed by atoms with Crippen LogP contribution < -0.4 is 4.90 Å². The predicted octanol–water partition coefficient (Wildman–Crippen LogP) is 0.434. The number of rotatable bonds is 2. The molecule has 0 spiro atoms. The molecular weight excluding hydrogens is 185 g/mol. The van der Waals surface area contributed by atoms with Gasteiger partial charge in [0, 0.05) is 25.6 Å². The number of nitrogens with zero attached hydrogens (tertiary/aromatic N) is 3. The minimum absolute atomic E-state index is 0.192. The number of aliphatic hydroxyl groups excluding tert-OH is 1. The molecular formula is C9H12FN3O. The molecule has 1 N–H and O–H groups in total. The van der Waals surface area contributed by atoms with Crippen LogP contribution in [-0.2, 0) is 0 Å². The SMILES string of the molecule is OC[C@H]1CCN(c2ncc(F)cn2)C1. The van der Waals surface area contributed by atoms with Crippen LogP contribution in [0.5, 0.6) is 0 Å². The van der Waals surface area contributed by atoms with Gasteiger partial charge in [-0.2, -0.15) is 0 Å². The van der Waals surface area contributed by atoms with E-state index in [1.54, 1.807) is 0 Å². The zero-order valence-electron chi connectivity index (χ0n) is 7.73. The average Bonchev–Trinajstić information content (AvgIpc) is 2.67. The first kappa shape index (κ1) is 9.33. The molecule has 0 radical (unpaired) electrons. The maximum atomic E-state index is 12.5. The lowest BCUT2D eigenvalue weighted by Gasteiger charge is -2.14. The second-order valence-electron chi connectivity index (χ2n) is 3.48. The monoisotopic (exact) mass is 197 g/mol. The van der Waals surface area contributed by atoms with Crippen molar-refractivity contribution in [2.45, 2.75) is 6.42 Å². The highest BCUT2D eigenvalue weighted by molar-refractivity contribution is 5.30. The fraction of sp³-hybridized carbons (Fsp3) is 0.556. The highest BCUT2D eigenvalue weighted by atomic mass is 19.1. The van der Waals surface area contributed by atoms with Crippen molar-refractivity contribution in [3.05, 3.63) is 18.2 Å². The lowest BCUT2D eigenvalue weighted by molar-refractivity contribution is 0.238. The van der Waals surface area contributed by atoms with E-state index in [0.29, 0.717) is 11.9 Å². The molecule has 1 aromatic rings. The van der Waals surface area contributed by atoms with Gasteiger partial charge in [0.15, 0.2) is 5.82 Å². The first-order valence-corrected chi connectivity index (χ1v) is 4.63. The minimum atomic E-state index is -0.424. The fourth-order valence-corrected chi connectivity index (χ4v) is 1.63. The normalized spacial score (nSPS) is 21.6. The molecule has 14 heavy (non-hydrogen) atoms. The van der Waals surface area contributed by atoms with Gasteiger partial charge < -0.3 is 10.0 Å². The summed E-state index contributed by atoms with van der Waals surface area (Å²) in [5.74, 6) is 0.414. The van der Waals surface area contributed by atoms with Gasteiger partial charge in [-0.25, -0.2) is 14.4 Å². The van der Waals surface area contributed by atoms with Crippen LogP contribution in [0.1, 0.15) is 6.42 Å². The Morgan fingerprint density at radius 3 is 2.79 bits per heavy atom. The molecule has 0 aromatic carbocycles. The zero-order chi connectivity index (χ0) is 9.97. The van der Waals surface area contributed by atoms with Gasteiger partial charge in [0.2, 0.25) is 5.95 Å². The van der Waals surface area contributed by atoms with Crippen LogP contribution in [0.2, 0.25) is 0 Å². The first-order chi connectivity index (χ1) is 6.79. The molecule has 0 unspecified atom stereocenters. The maximum absolute atomic E-state index is 12.5. The Labute approximate surface area is 81.4 Å². The third-order valence-corrected chi connectivity index (χ3v) is 2.43. The van der Waals surface area contributed by atoms with E-state index in [2.05, 4.69) is 9.97 Å². The summed E-state index contributed by atoms with van der Waals surface area (Å²) in [6.45, 7) is 1.77. The molecule has 4 nitrogen and oxygen atoms in total. The van der Waals surface area contributed by atoms with E-state index in [1.807, 2.05) is 4.90 Å². The molecule has 2 rings (SSSR count). The third kappa shape index (κ3) is 1.82. The van der Waals surface area contributed by atoms with E-state index in [0.717, 1.165) is 31.9 Å². The summed E-state index contributed by atoms with van der Waals surface area (Å²) < 4.78 is 12.5. The first-order valence-electron chi connectivity index (χ1n) is 4.63. The van der Waals surface area contributed by atoms with Crippen LogP contribution in [0, 0.1) is 11.7 Å². The Kier molecular flexibility index (Phi) is 2.58. The van der Waals surface area contributed by atoms with E-state index in [9.17, 15) is 4.39 Å². The molecule has 1 atom stereocenters. The standard InChI is InChI=1S/C9H12FN3O/c10-8-3-11-9(12-4-8)13-2-1-7(5-13)6-14/h3-4,7,14H,1-2,5-6H2/t7-/m0/s1. The molecule has 1 aromatic heterocycles. The Morgan fingerprint density at radius 1 is 1.50 bits per heavy atom. The van der Waals surface area contributed by atoms with Gasteiger partial charge in [0.25, 0.3) is 0 Å².